The second-order valence-corrected chi connectivity index (χ2v) is 8.71. The minimum Gasteiger partial charge on any atom is -0.497 e. The molecule has 1 N–H and O–H groups in total. The molecule has 2 aromatic carbocycles. The van der Waals surface area contributed by atoms with Gasteiger partial charge in [-0.25, -0.2) is 13.2 Å². The van der Waals surface area contributed by atoms with Gasteiger partial charge in [-0.2, -0.15) is 4.31 Å². The molecule has 1 aliphatic rings. The third kappa shape index (κ3) is 4.92. The molecule has 0 aliphatic carbocycles. The molecule has 0 unspecified atom stereocenters. The maximum atomic E-state index is 12.9. The van der Waals surface area contributed by atoms with Gasteiger partial charge in [0.2, 0.25) is 10.0 Å². The number of piperazine rings is 1. The Kier molecular flexibility index (Phi) is 6.51. The number of nitrogens with zero attached hydrogens (tertiary/aromatic N) is 2. The molecule has 0 atom stereocenters. The van der Waals surface area contributed by atoms with Crippen LogP contribution in [-0.4, -0.2) is 63.7 Å². The maximum Gasteiger partial charge on any atom is 0.341 e. The lowest BCUT2D eigenvalue weighted by molar-refractivity contribution is -0.139. The summed E-state index contributed by atoms with van der Waals surface area (Å²) in [7, 11) is -2.06. The van der Waals surface area contributed by atoms with Crippen LogP contribution >= 0.6 is 11.6 Å². The number of hydrogen-bond acceptors (Lipinski definition) is 6. The van der Waals surface area contributed by atoms with Gasteiger partial charge in [-0.3, -0.25) is 0 Å². The van der Waals surface area contributed by atoms with E-state index >= 15 is 0 Å². The van der Waals surface area contributed by atoms with E-state index in [9.17, 15) is 13.2 Å². The number of carboxylic acid groups (broad SMARTS) is 1. The lowest BCUT2D eigenvalue weighted by atomic mass is 10.2. The first kappa shape index (κ1) is 21.2. The van der Waals surface area contributed by atoms with Gasteiger partial charge < -0.3 is 19.5 Å². The quantitative estimate of drug-likeness (QED) is 0.705. The van der Waals surface area contributed by atoms with E-state index < -0.39 is 22.6 Å². The smallest absolute Gasteiger partial charge is 0.341 e. The molecule has 8 nitrogen and oxygen atoms in total. The van der Waals surface area contributed by atoms with Gasteiger partial charge >= 0.3 is 5.97 Å². The summed E-state index contributed by atoms with van der Waals surface area (Å²) in [5.41, 5.74) is 0.788. The molecule has 1 heterocycles. The van der Waals surface area contributed by atoms with E-state index in [1.54, 1.807) is 30.3 Å². The maximum absolute atomic E-state index is 12.9. The van der Waals surface area contributed by atoms with Gasteiger partial charge in [-0.15, -0.1) is 0 Å². The van der Waals surface area contributed by atoms with Crippen LogP contribution in [-0.2, 0) is 14.8 Å². The fourth-order valence-electron chi connectivity index (χ4n) is 3.02. The van der Waals surface area contributed by atoms with Crippen molar-refractivity contribution in [3.8, 4) is 11.5 Å². The molecule has 0 aromatic heterocycles. The van der Waals surface area contributed by atoms with E-state index in [1.165, 1.54) is 23.5 Å². The average Bonchev–Trinajstić information content (AvgIpc) is 2.73. The zero-order valence-corrected chi connectivity index (χ0v) is 17.3. The Bertz CT molecular complexity index is 973. The normalized spacial score (nSPS) is 15.2. The molecule has 1 fully saturated rings. The highest BCUT2D eigenvalue weighted by Crippen LogP contribution is 2.31. The summed E-state index contributed by atoms with van der Waals surface area (Å²) in [6, 6.07) is 11.4. The summed E-state index contributed by atoms with van der Waals surface area (Å²) in [5, 5.41) is 9.08. The molecule has 2 aromatic rings. The first-order chi connectivity index (χ1) is 13.8. The van der Waals surface area contributed by atoms with Crippen molar-refractivity contribution in [1.29, 1.82) is 0 Å². The van der Waals surface area contributed by atoms with Crippen molar-refractivity contribution >= 4 is 33.3 Å². The predicted octanol–water partition coefficient (Wildman–Crippen LogP) is 2.32. The number of sulfonamides is 1. The van der Waals surface area contributed by atoms with Gasteiger partial charge in [-0.05, 0) is 36.4 Å². The number of aliphatic carboxylic acids is 1. The molecular formula is C19H21ClN2O6S. The Balaban J connectivity index is 1.68. The van der Waals surface area contributed by atoms with E-state index in [1.807, 2.05) is 4.90 Å². The van der Waals surface area contributed by atoms with Crippen LogP contribution in [0.25, 0.3) is 0 Å². The van der Waals surface area contributed by atoms with Crippen LogP contribution in [0.1, 0.15) is 0 Å². The Labute approximate surface area is 174 Å². The Hall–Kier alpha value is -2.49. The summed E-state index contributed by atoms with van der Waals surface area (Å²) >= 11 is 6.06. The third-order valence-electron chi connectivity index (χ3n) is 4.57. The molecule has 0 radical (unpaired) electrons. The van der Waals surface area contributed by atoms with Gasteiger partial charge in [0.25, 0.3) is 0 Å². The number of methoxy groups -OCH3 is 1. The SMILES string of the molecule is COc1ccc(S(=O)(=O)N2CCN(c3ccc(Cl)c(OCC(=O)O)c3)CC2)cc1. The molecule has 10 heteroatoms. The summed E-state index contributed by atoms with van der Waals surface area (Å²) in [4.78, 5) is 12.9. The second kappa shape index (κ2) is 8.89. The van der Waals surface area contributed by atoms with Crippen LogP contribution in [0.15, 0.2) is 47.4 Å². The van der Waals surface area contributed by atoms with Gasteiger partial charge in [0.15, 0.2) is 6.61 Å². The van der Waals surface area contributed by atoms with Crippen LogP contribution in [0.3, 0.4) is 0 Å². The number of rotatable bonds is 7. The van der Waals surface area contributed by atoms with Crippen molar-refractivity contribution in [2.45, 2.75) is 4.90 Å². The number of anilines is 1. The van der Waals surface area contributed by atoms with E-state index in [0.29, 0.717) is 37.0 Å². The van der Waals surface area contributed by atoms with Crippen molar-refractivity contribution in [3.05, 3.63) is 47.5 Å². The first-order valence-corrected chi connectivity index (χ1v) is 10.7. The van der Waals surface area contributed by atoms with Crippen LogP contribution in [0, 0.1) is 0 Å². The van der Waals surface area contributed by atoms with Gasteiger partial charge in [0, 0.05) is 37.9 Å². The van der Waals surface area contributed by atoms with Gasteiger partial charge in [-0.1, -0.05) is 11.6 Å². The number of benzene rings is 2. The summed E-state index contributed by atoms with van der Waals surface area (Å²) < 4.78 is 37.4. The lowest BCUT2D eigenvalue weighted by Crippen LogP contribution is -2.48. The first-order valence-electron chi connectivity index (χ1n) is 8.84. The minimum atomic E-state index is -3.59. The average molecular weight is 441 g/mol. The Morgan fingerprint density at radius 1 is 1.10 bits per heavy atom. The number of hydrogen-bond donors (Lipinski definition) is 1. The zero-order chi connectivity index (χ0) is 21.0. The largest absolute Gasteiger partial charge is 0.497 e. The number of carboxylic acids is 1. The van der Waals surface area contributed by atoms with E-state index in [4.69, 9.17) is 26.2 Å². The number of ether oxygens (including phenoxy) is 2. The molecule has 1 saturated heterocycles. The van der Waals surface area contributed by atoms with Crippen molar-refractivity contribution in [2.24, 2.45) is 0 Å². The van der Waals surface area contributed by atoms with Crippen LogP contribution in [0.4, 0.5) is 5.69 Å². The monoisotopic (exact) mass is 440 g/mol. The Morgan fingerprint density at radius 3 is 2.34 bits per heavy atom. The number of carbonyl (C=O) groups is 1. The topological polar surface area (TPSA) is 96.4 Å². The summed E-state index contributed by atoms with van der Waals surface area (Å²) in [5.74, 6) is -0.221. The van der Waals surface area contributed by atoms with Gasteiger partial charge in [0.05, 0.1) is 17.0 Å². The Morgan fingerprint density at radius 2 is 1.76 bits per heavy atom. The standard InChI is InChI=1S/C19H21ClN2O6S/c1-27-15-3-5-16(6-4-15)29(25,26)22-10-8-21(9-11-22)14-2-7-17(20)18(12-14)28-13-19(23)24/h2-7,12H,8-11,13H2,1H3,(H,23,24). The molecule has 0 bridgehead atoms. The highest BCUT2D eigenvalue weighted by Gasteiger charge is 2.28. The summed E-state index contributed by atoms with van der Waals surface area (Å²) in [6.07, 6.45) is 0. The minimum absolute atomic E-state index is 0.225. The van der Waals surface area contributed by atoms with Crippen molar-refractivity contribution < 1.29 is 27.8 Å². The lowest BCUT2D eigenvalue weighted by Gasteiger charge is -2.35. The van der Waals surface area contributed by atoms with Gasteiger partial charge in [0.1, 0.15) is 11.5 Å². The van der Waals surface area contributed by atoms with Crippen molar-refractivity contribution in [2.75, 3.05) is 44.8 Å². The van der Waals surface area contributed by atoms with E-state index in [0.717, 1.165) is 5.69 Å². The van der Waals surface area contributed by atoms with Crippen LogP contribution < -0.4 is 14.4 Å². The van der Waals surface area contributed by atoms with Crippen LogP contribution in [0.2, 0.25) is 5.02 Å². The molecule has 156 valence electrons. The molecule has 0 saturated carbocycles. The number of halogens is 1. The molecule has 0 amide bonds. The van der Waals surface area contributed by atoms with Crippen molar-refractivity contribution in [3.63, 3.8) is 0 Å². The molecular weight excluding hydrogens is 420 g/mol. The highest BCUT2D eigenvalue weighted by molar-refractivity contribution is 7.89. The molecule has 3 rings (SSSR count). The fourth-order valence-corrected chi connectivity index (χ4v) is 4.62. The molecule has 0 spiro atoms. The van der Waals surface area contributed by atoms with Crippen molar-refractivity contribution in [1.82, 2.24) is 4.31 Å². The summed E-state index contributed by atoms with van der Waals surface area (Å²) in [6.45, 7) is 1.12. The van der Waals surface area contributed by atoms with E-state index in [2.05, 4.69) is 0 Å². The highest BCUT2D eigenvalue weighted by atomic mass is 35.5. The molecule has 29 heavy (non-hydrogen) atoms. The second-order valence-electron chi connectivity index (χ2n) is 6.36. The van der Waals surface area contributed by atoms with Crippen LogP contribution in [0.5, 0.6) is 11.5 Å². The third-order valence-corrected chi connectivity index (χ3v) is 6.79. The fraction of sp³-hybridized carbons (Fsp3) is 0.316. The van der Waals surface area contributed by atoms with E-state index in [-0.39, 0.29) is 10.6 Å². The predicted molar refractivity (Wildman–Crippen MR) is 109 cm³/mol. The molecule has 1 aliphatic heterocycles. The zero-order valence-electron chi connectivity index (χ0n) is 15.7.